The zero-order chi connectivity index (χ0) is 25.1. The van der Waals surface area contributed by atoms with Crippen LogP contribution in [0, 0.1) is 11.8 Å². The van der Waals surface area contributed by atoms with E-state index >= 15 is 0 Å². The van der Waals surface area contributed by atoms with Crippen LogP contribution in [0.25, 0.3) is 5.69 Å². The molecule has 0 unspecified atom stereocenters. The van der Waals surface area contributed by atoms with Gasteiger partial charge in [0.15, 0.2) is 5.69 Å². The van der Waals surface area contributed by atoms with Crippen molar-refractivity contribution in [2.75, 3.05) is 38.0 Å². The van der Waals surface area contributed by atoms with Gasteiger partial charge in [0.2, 0.25) is 0 Å². The van der Waals surface area contributed by atoms with Crippen LogP contribution in [0.4, 0.5) is 5.69 Å². The van der Waals surface area contributed by atoms with Gasteiger partial charge in [-0.1, -0.05) is 24.1 Å². The molecule has 184 valence electrons. The van der Waals surface area contributed by atoms with Crippen molar-refractivity contribution in [3.05, 3.63) is 66.0 Å². The number of amides is 2. The fourth-order valence-corrected chi connectivity index (χ4v) is 4.79. The molecule has 9 heteroatoms. The number of anilines is 1. The maximum absolute atomic E-state index is 12.5. The van der Waals surface area contributed by atoms with E-state index in [0.29, 0.717) is 55.5 Å². The molecule has 9 nitrogen and oxygen atoms in total. The lowest BCUT2D eigenvalue weighted by atomic mass is 10.0. The lowest BCUT2D eigenvalue weighted by molar-refractivity contribution is -0.127. The second kappa shape index (κ2) is 10.1. The molecule has 3 aromatic rings. The molecular weight excluding hydrogens is 456 g/mol. The minimum absolute atomic E-state index is 0.0239. The van der Waals surface area contributed by atoms with E-state index in [1.807, 2.05) is 54.6 Å². The average Bonchev–Trinajstić information content (AvgIpc) is 3.30. The number of ether oxygens (including phenoxy) is 1. The largest absolute Gasteiger partial charge is 0.457 e. The number of hydrogen-bond acceptors (Lipinski definition) is 6. The Kier molecular flexibility index (Phi) is 6.60. The Morgan fingerprint density at radius 1 is 1.03 bits per heavy atom. The SMILES string of the molecule is CC#CC(=O)N1CCN([C@H]2CCNc3c2nn(-c2ccc(Oc4ccccc4)cc2)c3C(N)=O)CC1. The summed E-state index contributed by atoms with van der Waals surface area (Å²) in [6.07, 6.45) is 0.842. The van der Waals surface area contributed by atoms with E-state index in [1.54, 1.807) is 16.5 Å². The van der Waals surface area contributed by atoms with Crippen molar-refractivity contribution in [3.8, 4) is 29.0 Å². The Morgan fingerprint density at radius 3 is 2.39 bits per heavy atom. The van der Waals surface area contributed by atoms with Gasteiger partial charge in [-0.05, 0) is 55.7 Å². The topological polar surface area (TPSA) is 106 Å². The lowest BCUT2D eigenvalue weighted by Crippen LogP contribution is -2.50. The zero-order valence-corrected chi connectivity index (χ0v) is 20.1. The van der Waals surface area contributed by atoms with Crippen LogP contribution >= 0.6 is 0 Å². The van der Waals surface area contributed by atoms with Gasteiger partial charge in [-0.15, -0.1) is 0 Å². The monoisotopic (exact) mass is 484 g/mol. The molecule has 0 bridgehead atoms. The van der Waals surface area contributed by atoms with E-state index in [1.165, 1.54) is 0 Å². The number of hydrogen-bond donors (Lipinski definition) is 2. The third-order valence-corrected chi connectivity index (χ3v) is 6.52. The molecule has 1 atom stereocenters. The van der Waals surface area contributed by atoms with Crippen LogP contribution in [0.2, 0.25) is 0 Å². The first-order valence-electron chi connectivity index (χ1n) is 12.0. The Balaban J connectivity index is 1.40. The molecule has 1 aromatic heterocycles. The van der Waals surface area contributed by atoms with Crippen LogP contribution in [-0.2, 0) is 4.79 Å². The highest BCUT2D eigenvalue weighted by Crippen LogP contribution is 2.37. The average molecular weight is 485 g/mol. The summed E-state index contributed by atoms with van der Waals surface area (Å²) in [6.45, 7) is 5.02. The molecule has 2 aromatic carbocycles. The molecule has 2 amide bonds. The van der Waals surface area contributed by atoms with E-state index < -0.39 is 5.91 Å². The van der Waals surface area contributed by atoms with E-state index in [0.717, 1.165) is 17.9 Å². The van der Waals surface area contributed by atoms with Crippen LogP contribution in [0.1, 0.15) is 35.6 Å². The van der Waals surface area contributed by atoms with Crippen LogP contribution in [0.5, 0.6) is 11.5 Å². The zero-order valence-electron chi connectivity index (χ0n) is 20.1. The van der Waals surface area contributed by atoms with Crippen molar-refractivity contribution in [2.24, 2.45) is 5.73 Å². The molecule has 3 heterocycles. The number of rotatable bonds is 5. The van der Waals surface area contributed by atoms with Gasteiger partial charge in [-0.3, -0.25) is 14.5 Å². The van der Waals surface area contributed by atoms with Gasteiger partial charge in [-0.2, -0.15) is 5.10 Å². The number of primary amides is 1. The van der Waals surface area contributed by atoms with E-state index in [4.69, 9.17) is 15.6 Å². The molecular formula is C27H28N6O3. The first-order valence-corrected chi connectivity index (χ1v) is 12.0. The third kappa shape index (κ3) is 4.63. The summed E-state index contributed by atoms with van der Waals surface area (Å²) in [6, 6.07) is 17.0. The minimum atomic E-state index is -0.546. The maximum atomic E-state index is 12.5. The molecule has 3 N–H and O–H groups in total. The van der Waals surface area contributed by atoms with Crippen LogP contribution in [-0.4, -0.2) is 64.1 Å². The number of para-hydroxylation sites is 1. The summed E-state index contributed by atoms with van der Waals surface area (Å²) in [7, 11) is 0. The highest BCUT2D eigenvalue weighted by Gasteiger charge is 2.35. The first-order chi connectivity index (χ1) is 17.5. The molecule has 0 aliphatic carbocycles. The smallest absolute Gasteiger partial charge is 0.298 e. The van der Waals surface area contributed by atoms with Gasteiger partial charge in [-0.25, -0.2) is 4.68 Å². The van der Waals surface area contributed by atoms with Crippen molar-refractivity contribution < 1.29 is 14.3 Å². The van der Waals surface area contributed by atoms with Gasteiger partial charge in [0, 0.05) is 32.7 Å². The quantitative estimate of drug-likeness (QED) is 0.540. The van der Waals surface area contributed by atoms with Crippen molar-refractivity contribution in [3.63, 3.8) is 0 Å². The highest BCUT2D eigenvalue weighted by molar-refractivity contribution is 5.98. The normalized spacial score (nSPS) is 17.4. The molecule has 2 aliphatic rings. The van der Waals surface area contributed by atoms with Gasteiger partial charge in [0.1, 0.15) is 17.2 Å². The van der Waals surface area contributed by atoms with Gasteiger partial charge < -0.3 is 20.7 Å². The predicted octanol–water partition coefficient (Wildman–Crippen LogP) is 2.79. The van der Waals surface area contributed by atoms with Crippen molar-refractivity contribution in [2.45, 2.75) is 19.4 Å². The van der Waals surface area contributed by atoms with E-state index in [2.05, 4.69) is 22.1 Å². The predicted molar refractivity (Wildman–Crippen MR) is 136 cm³/mol. The van der Waals surface area contributed by atoms with Gasteiger partial charge in [0.25, 0.3) is 11.8 Å². The maximum Gasteiger partial charge on any atom is 0.298 e. The van der Waals surface area contributed by atoms with Crippen LogP contribution < -0.4 is 15.8 Å². The Morgan fingerprint density at radius 2 is 1.72 bits per heavy atom. The number of carbonyl (C=O) groups is 2. The van der Waals surface area contributed by atoms with E-state index in [-0.39, 0.29) is 11.9 Å². The molecule has 1 saturated heterocycles. The van der Waals surface area contributed by atoms with Crippen molar-refractivity contribution in [1.29, 1.82) is 0 Å². The number of nitrogens with one attached hydrogen (secondary N) is 1. The Bertz CT molecular complexity index is 1320. The summed E-state index contributed by atoms with van der Waals surface area (Å²) in [5.74, 6) is 6.03. The number of benzene rings is 2. The summed E-state index contributed by atoms with van der Waals surface area (Å²) >= 11 is 0. The first kappa shape index (κ1) is 23.5. The van der Waals surface area contributed by atoms with Crippen LogP contribution in [0.3, 0.4) is 0 Å². The van der Waals surface area contributed by atoms with Crippen molar-refractivity contribution >= 4 is 17.5 Å². The number of nitrogens with two attached hydrogens (primary N) is 1. The molecule has 0 radical (unpaired) electrons. The second-order valence-corrected chi connectivity index (χ2v) is 8.73. The third-order valence-electron chi connectivity index (χ3n) is 6.52. The molecule has 1 fully saturated rings. The molecule has 2 aliphatic heterocycles. The summed E-state index contributed by atoms with van der Waals surface area (Å²) < 4.78 is 7.50. The molecule has 36 heavy (non-hydrogen) atoms. The Hall–Kier alpha value is -4.29. The summed E-state index contributed by atoms with van der Waals surface area (Å²) in [5.41, 5.74) is 8.35. The lowest BCUT2D eigenvalue weighted by Gasteiger charge is -2.39. The summed E-state index contributed by atoms with van der Waals surface area (Å²) in [4.78, 5) is 28.8. The number of fused-ring (bicyclic) bond motifs is 1. The fourth-order valence-electron chi connectivity index (χ4n) is 4.79. The highest BCUT2D eigenvalue weighted by atomic mass is 16.5. The van der Waals surface area contributed by atoms with Gasteiger partial charge in [0.05, 0.1) is 17.4 Å². The van der Waals surface area contributed by atoms with Crippen molar-refractivity contribution in [1.82, 2.24) is 19.6 Å². The molecule has 0 spiro atoms. The van der Waals surface area contributed by atoms with E-state index in [9.17, 15) is 9.59 Å². The Labute approximate surface area is 209 Å². The molecule has 0 saturated carbocycles. The minimum Gasteiger partial charge on any atom is -0.457 e. The number of piperazine rings is 1. The molecule has 5 rings (SSSR count). The number of carbonyl (C=O) groups excluding carboxylic acids is 2. The number of nitrogens with zero attached hydrogens (tertiary/aromatic N) is 4. The standard InChI is InChI=1S/C27H28N6O3/c1-2-6-23(34)32-17-15-31(16-18-32)22-13-14-29-25-24(22)30-33(26(25)27(28)35)19-9-11-21(12-10-19)36-20-7-4-3-5-8-20/h3-5,7-12,22,29H,13-18H2,1H3,(H2,28,35)/t22-/m0/s1. The fraction of sp³-hybridized carbons (Fsp3) is 0.296. The summed E-state index contributed by atoms with van der Waals surface area (Å²) in [5, 5.41) is 8.21. The van der Waals surface area contributed by atoms with Crippen LogP contribution in [0.15, 0.2) is 54.6 Å². The number of aromatic nitrogens is 2. The van der Waals surface area contributed by atoms with Gasteiger partial charge >= 0.3 is 0 Å². The second-order valence-electron chi connectivity index (χ2n) is 8.73.